The molecule has 0 atom stereocenters. The van der Waals surface area contributed by atoms with E-state index in [2.05, 4.69) is 9.97 Å². The first-order valence-electron chi connectivity index (χ1n) is 4.98. The molecule has 0 saturated heterocycles. The lowest BCUT2D eigenvalue weighted by Crippen LogP contribution is -2.02. The lowest BCUT2D eigenvalue weighted by atomic mass is 10.3. The number of aromatic carboxylic acids is 1. The van der Waals surface area contributed by atoms with Crippen molar-refractivity contribution in [3.63, 3.8) is 0 Å². The Kier molecular flexibility index (Phi) is 3.33. The van der Waals surface area contributed by atoms with Crippen molar-refractivity contribution in [2.45, 2.75) is 24.1 Å². The van der Waals surface area contributed by atoms with Crippen LogP contribution in [-0.2, 0) is 0 Å². The zero-order valence-electron chi connectivity index (χ0n) is 9.60. The molecule has 0 spiro atoms. The average molecular weight is 268 g/mol. The molecular weight excluding hydrogens is 259 g/mol. The normalized spacial score (nSPS) is 10.6. The van der Waals surface area contributed by atoms with E-state index in [1.54, 1.807) is 13.8 Å². The average Bonchev–Trinajstić information content (AvgIpc) is 2.60. The van der Waals surface area contributed by atoms with Crippen LogP contribution in [0.1, 0.15) is 21.8 Å². The van der Waals surface area contributed by atoms with E-state index in [0.717, 1.165) is 17.8 Å². The van der Waals surface area contributed by atoms with Gasteiger partial charge in [-0.1, -0.05) is 0 Å². The maximum atomic E-state index is 13.8. The van der Waals surface area contributed by atoms with Crippen molar-refractivity contribution >= 4 is 17.7 Å². The number of carboxylic acids is 1. The Labute approximate surface area is 106 Å². The molecule has 0 aromatic carbocycles. The van der Waals surface area contributed by atoms with Crippen LogP contribution in [0, 0.1) is 19.7 Å². The van der Waals surface area contributed by atoms with E-state index < -0.39 is 17.3 Å². The fourth-order valence-electron chi connectivity index (χ4n) is 1.23. The Morgan fingerprint density at radius 2 is 2.22 bits per heavy atom. The molecule has 0 bridgehead atoms. The van der Waals surface area contributed by atoms with Crippen LogP contribution in [0.2, 0.25) is 0 Å². The van der Waals surface area contributed by atoms with Gasteiger partial charge < -0.3 is 9.52 Å². The number of carbonyl (C=O) groups is 1. The molecule has 94 valence electrons. The van der Waals surface area contributed by atoms with Crippen LogP contribution >= 0.6 is 11.8 Å². The summed E-state index contributed by atoms with van der Waals surface area (Å²) in [4.78, 5) is 18.6. The van der Waals surface area contributed by atoms with Gasteiger partial charge in [-0.3, -0.25) is 0 Å². The number of oxazole rings is 1. The molecule has 0 unspecified atom stereocenters. The third kappa shape index (κ3) is 2.35. The minimum Gasteiger partial charge on any atom is -0.478 e. The maximum Gasteiger partial charge on any atom is 0.338 e. The van der Waals surface area contributed by atoms with E-state index in [1.165, 1.54) is 6.20 Å². The number of aromatic nitrogens is 2. The molecule has 0 radical (unpaired) electrons. The number of hydrogen-bond donors (Lipinski definition) is 1. The van der Waals surface area contributed by atoms with Gasteiger partial charge in [0.25, 0.3) is 5.22 Å². The van der Waals surface area contributed by atoms with Gasteiger partial charge in [0.15, 0.2) is 5.82 Å². The molecular formula is C11H9FN2O3S. The molecule has 0 aliphatic heterocycles. The Bertz CT molecular complexity index is 593. The summed E-state index contributed by atoms with van der Waals surface area (Å²) >= 11 is 0.854. The van der Waals surface area contributed by atoms with Crippen LogP contribution in [0.25, 0.3) is 0 Å². The quantitative estimate of drug-likeness (QED) is 0.922. The number of nitrogens with zero attached hydrogens (tertiary/aromatic N) is 2. The molecule has 2 aromatic rings. The molecule has 0 aliphatic carbocycles. The van der Waals surface area contributed by atoms with Crippen LogP contribution < -0.4 is 0 Å². The number of carboxylic acid groups (broad SMARTS) is 1. The third-order valence-electron chi connectivity index (χ3n) is 2.28. The van der Waals surface area contributed by atoms with E-state index in [1.807, 2.05) is 0 Å². The van der Waals surface area contributed by atoms with Crippen molar-refractivity contribution in [1.82, 2.24) is 9.97 Å². The highest BCUT2D eigenvalue weighted by atomic mass is 32.2. The van der Waals surface area contributed by atoms with Crippen LogP contribution in [0.15, 0.2) is 26.9 Å². The Hall–Kier alpha value is -1.89. The Balaban J connectivity index is 2.35. The molecule has 1 N–H and O–H groups in total. The van der Waals surface area contributed by atoms with Gasteiger partial charge in [0.1, 0.15) is 10.8 Å². The first-order valence-corrected chi connectivity index (χ1v) is 5.80. The Morgan fingerprint density at radius 1 is 1.50 bits per heavy atom. The van der Waals surface area contributed by atoms with Crippen molar-refractivity contribution in [2.24, 2.45) is 0 Å². The number of halogens is 1. The monoisotopic (exact) mass is 268 g/mol. The van der Waals surface area contributed by atoms with Gasteiger partial charge in [0.05, 0.1) is 11.3 Å². The number of rotatable bonds is 3. The first kappa shape index (κ1) is 12.6. The van der Waals surface area contributed by atoms with Gasteiger partial charge in [-0.15, -0.1) is 0 Å². The first-order chi connectivity index (χ1) is 8.49. The second-order valence-electron chi connectivity index (χ2n) is 3.51. The van der Waals surface area contributed by atoms with E-state index in [0.29, 0.717) is 11.5 Å². The van der Waals surface area contributed by atoms with Crippen LogP contribution in [0.5, 0.6) is 0 Å². The Morgan fingerprint density at radius 3 is 2.78 bits per heavy atom. The fourth-order valence-corrected chi connectivity index (χ4v) is 2.06. The number of pyridine rings is 1. The summed E-state index contributed by atoms with van der Waals surface area (Å²) in [5, 5.41) is 8.95. The molecule has 5 nitrogen and oxygen atoms in total. The molecule has 0 saturated carbocycles. The number of aryl methyl sites for hydroxylation is 2. The minimum absolute atomic E-state index is 0.0730. The maximum absolute atomic E-state index is 13.8. The summed E-state index contributed by atoms with van der Waals surface area (Å²) < 4.78 is 19.1. The van der Waals surface area contributed by atoms with E-state index in [4.69, 9.17) is 9.52 Å². The van der Waals surface area contributed by atoms with Gasteiger partial charge in [-0.25, -0.2) is 19.2 Å². The summed E-state index contributed by atoms with van der Waals surface area (Å²) in [6.07, 6.45) is 1.23. The third-order valence-corrected chi connectivity index (χ3v) is 3.11. The molecule has 0 amide bonds. The molecule has 2 rings (SSSR count). The smallest absolute Gasteiger partial charge is 0.338 e. The van der Waals surface area contributed by atoms with Gasteiger partial charge >= 0.3 is 5.97 Å². The van der Waals surface area contributed by atoms with Gasteiger partial charge in [0, 0.05) is 6.20 Å². The predicted octanol–water partition coefficient (Wildman–Crippen LogP) is 2.67. The van der Waals surface area contributed by atoms with Crippen molar-refractivity contribution in [1.29, 1.82) is 0 Å². The van der Waals surface area contributed by atoms with Crippen molar-refractivity contribution in [2.75, 3.05) is 0 Å². The summed E-state index contributed by atoms with van der Waals surface area (Å²) in [6.45, 7) is 3.50. The fraction of sp³-hybridized carbons (Fsp3) is 0.182. The molecule has 2 heterocycles. The van der Waals surface area contributed by atoms with Gasteiger partial charge in [0.2, 0.25) is 0 Å². The van der Waals surface area contributed by atoms with E-state index in [9.17, 15) is 9.18 Å². The topological polar surface area (TPSA) is 76.2 Å². The minimum atomic E-state index is -1.34. The van der Waals surface area contributed by atoms with Gasteiger partial charge in [-0.05, 0) is 31.7 Å². The SMILES string of the molecule is Cc1nc(Sc2nccc(C(=O)O)c2F)oc1C. The van der Waals surface area contributed by atoms with E-state index in [-0.39, 0.29) is 10.2 Å². The highest BCUT2D eigenvalue weighted by molar-refractivity contribution is 7.99. The molecule has 18 heavy (non-hydrogen) atoms. The van der Waals surface area contributed by atoms with Crippen LogP contribution in [-0.4, -0.2) is 21.0 Å². The summed E-state index contributed by atoms with van der Waals surface area (Å²) in [5.74, 6) is -1.59. The van der Waals surface area contributed by atoms with Crippen LogP contribution in [0.4, 0.5) is 4.39 Å². The van der Waals surface area contributed by atoms with Gasteiger partial charge in [-0.2, -0.15) is 0 Å². The van der Waals surface area contributed by atoms with Crippen molar-refractivity contribution in [3.05, 3.63) is 35.1 Å². The largest absolute Gasteiger partial charge is 0.478 e. The standard InChI is InChI=1S/C11H9FN2O3S/c1-5-6(2)17-11(14-5)18-9-8(12)7(10(15)16)3-4-13-9/h3-4H,1-2H3,(H,15,16). The summed E-state index contributed by atoms with van der Waals surface area (Å²) in [5.41, 5.74) is 0.278. The lowest BCUT2D eigenvalue weighted by Gasteiger charge is -2.01. The van der Waals surface area contributed by atoms with Crippen molar-refractivity contribution in [3.8, 4) is 0 Å². The second-order valence-corrected chi connectivity index (χ2v) is 4.45. The molecule has 7 heteroatoms. The summed E-state index contributed by atoms with van der Waals surface area (Å²) in [6, 6.07) is 1.10. The molecule has 0 aliphatic rings. The predicted molar refractivity (Wildman–Crippen MR) is 61.3 cm³/mol. The lowest BCUT2D eigenvalue weighted by molar-refractivity contribution is 0.0691. The number of hydrogen-bond acceptors (Lipinski definition) is 5. The molecule has 0 fully saturated rings. The molecule has 2 aromatic heterocycles. The second kappa shape index (κ2) is 4.77. The van der Waals surface area contributed by atoms with Crippen LogP contribution in [0.3, 0.4) is 0 Å². The van der Waals surface area contributed by atoms with E-state index >= 15 is 0 Å². The highest BCUT2D eigenvalue weighted by Crippen LogP contribution is 2.29. The summed E-state index contributed by atoms with van der Waals surface area (Å²) in [7, 11) is 0. The zero-order chi connectivity index (χ0) is 13.3. The van der Waals surface area contributed by atoms with Crippen molar-refractivity contribution < 1.29 is 18.7 Å². The highest BCUT2D eigenvalue weighted by Gasteiger charge is 2.18. The zero-order valence-corrected chi connectivity index (χ0v) is 10.4.